The van der Waals surface area contributed by atoms with E-state index >= 15 is 0 Å². The number of aryl methyl sites for hydroxylation is 1. The van der Waals surface area contributed by atoms with Crippen molar-refractivity contribution in [2.24, 2.45) is 0 Å². The quantitative estimate of drug-likeness (QED) is 0.619. The van der Waals surface area contributed by atoms with Crippen LogP contribution in [-0.4, -0.2) is 53.4 Å². The summed E-state index contributed by atoms with van der Waals surface area (Å²) in [6.45, 7) is 3.28. The van der Waals surface area contributed by atoms with E-state index in [1.54, 1.807) is 33.3 Å². The van der Waals surface area contributed by atoms with E-state index < -0.39 is 9.84 Å². The number of sulfone groups is 1. The maximum absolute atomic E-state index is 12.5. The number of piperidine rings is 1. The number of benzene rings is 2. The normalized spacial score (nSPS) is 14.8. The molecule has 0 aromatic heterocycles. The lowest BCUT2D eigenvalue weighted by atomic mass is 10.0. The topological polar surface area (TPSA) is 84.9 Å². The highest BCUT2D eigenvalue weighted by Crippen LogP contribution is 2.31. The van der Waals surface area contributed by atoms with Crippen molar-refractivity contribution in [1.29, 1.82) is 0 Å². The molecule has 7 nitrogen and oxygen atoms in total. The van der Waals surface area contributed by atoms with Gasteiger partial charge in [-0.15, -0.1) is 0 Å². The number of nitrogens with one attached hydrogen (secondary N) is 1. The molecular formula is C24H32N2O5S. The number of ether oxygens (including phenoxy) is 2. The van der Waals surface area contributed by atoms with Crippen LogP contribution in [0.25, 0.3) is 0 Å². The lowest BCUT2D eigenvalue weighted by Crippen LogP contribution is -2.44. The highest BCUT2D eigenvalue weighted by molar-refractivity contribution is 7.91. The molecule has 0 bridgehead atoms. The van der Waals surface area contributed by atoms with Crippen LogP contribution in [0, 0.1) is 0 Å². The summed E-state index contributed by atoms with van der Waals surface area (Å²) in [6.07, 6.45) is 2.67. The van der Waals surface area contributed by atoms with Crippen LogP contribution in [0.5, 0.6) is 11.5 Å². The molecule has 32 heavy (non-hydrogen) atoms. The summed E-state index contributed by atoms with van der Waals surface area (Å²) in [4.78, 5) is 15.1. The van der Waals surface area contributed by atoms with Gasteiger partial charge in [-0.05, 0) is 55.2 Å². The number of hydrogen-bond donors (Lipinski definition) is 1. The Morgan fingerprint density at radius 3 is 2.34 bits per heavy atom. The molecule has 8 heteroatoms. The lowest BCUT2D eigenvalue weighted by Gasteiger charge is -2.34. The van der Waals surface area contributed by atoms with Crippen LogP contribution >= 0.6 is 0 Å². The van der Waals surface area contributed by atoms with Crippen LogP contribution < -0.4 is 19.7 Å². The molecule has 1 saturated heterocycles. The summed E-state index contributed by atoms with van der Waals surface area (Å²) in [7, 11) is 0.0191. The highest BCUT2D eigenvalue weighted by atomic mass is 32.2. The van der Waals surface area contributed by atoms with E-state index in [0.717, 1.165) is 37.2 Å². The van der Waals surface area contributed by atoms with Gasteiger partial charge < -0.3 is 19.7 Å². The van der Waals surface area contributed by atoms with Crippen molar-refractivity contribution in [3.8, 4) is 11.5 Å². The van der Waals surface area contributed by atoms with Crippen molar-refractivity contribution in [1.82, 2.24) is 5.32 Å². The van der Waals surface area contributed by atoms with Crippen LogP contribution in [0.3, 0.4) is 0 Å². The molecule has 1 aliphatic rings. The third kappa shape index (κ3) is 5.73. The van der Waals surface area contributed by atoms with Gasteiger partial charge in [-0.1, -0.05) is 19.1 Å². The fourth-order valence-corrected chi connectivity index (χ4v) is 4.90. The first-order valence-corrected chi connectivity index (χ1v) is 12.6. The molecule has 0 atom stereocenters. The molecule has 1 amide bonds. The van der Waals surface area contributed by atoms with Gasteiger partial charge in [0.1, 0.15) is 0 Å². The number of rotatable bonds is 9. The number of carbonyl (C=O) groups excluding carboxylic acids is 1. The molecule has 2 aromatic rings. The molecule has 2 aromatic carbocycles. The average molecular weight is 461 g/mol. The van der Waals surface area contributed by atoms with Crippen molar-refractivity contribution in [3.05, 3.63) is 48.0 Å². The Labute approximate surface area is 190 Å². The Morgan fingerprint density at radius 1 is 1.06 bits per heavy atom. The highest BCUT2D eigenvalue weighted by Gasteiger charge is 2.22. The maximum atomic E-state index is 12.5. The second-order valence-corrected chi connectivity index (χ2v) is 10.2. The number of amides is 1. The van der Waals surface area contributed by atoms with E-state index in [1.807, 2.05) is 30.3 Å². The molecule has 0 aliphatic carbocycles. The minimum absolute atomic E-state index is 0.0300. The molecule has 1 N–H and O–H groups in total. The van der Waals surface area contributed by atoms with Gasteiger partial charge in [-0.2, -0.15) is 0 Å². The maximum Gasteiger partial charge on any atom is 0.220 e. The van der Waals surface area contributed by atoms with E-state index in [-0.39, 0.29) is 17.7 Å². The number of methoxy groups -OCH3 is 2. The monoisotopic (exact) mass is 460 g/mol. The second kappa shape index (κ2) is 10.7. The molecule has 0 radical (unpaired) electrons. The Morgan fingerprint density at radius 2 is 1.75 bits per heavy atom. The predicted molar refractivity (Wildman–Crippen MR) is 125 cm³/mol. The Bertz CT molecular complexity index is 1010. The van der Waals surface area contributed by atoms with Gasteiger partial charge in [0.05, 0.1) is 24.9 Å². The van der Waals surface area contributed by atoms with Crippen LogP contribution in [0.1, 0.15) is 31.7 Å². The number of nitrogens with zero attached hydrogens (tertiary/aromatic N) is 1. The van der Waals surface area contributed by atoms with Gasteiger partial charge in [0, 0.05) is 31.2 Å². The molecule has 1 fully saturated rings. The summed E-state index contributed by atoms with van der Waals surface area (Å²) in [5.74, 6) is 1.47. The van der Waals surface area contributed by atoms with E-state index in [2.05, 4.69) is 10.2 Å². The molecule has 1 aliphatic heterocycles. The first kappa shape index (κ1) is 23.9. The zero-order chi connectivity index (χ0) is 23.1. The van der Waals surface area contributed by atoms with E-state index in [9.17, 15) is 13.2 Å². The van der Waals surface area contributed by atoms with E-state index in [4.69, 9.17) is 9.47 Å². The first-order chi connectivity index (χ1) is 15.4. The summed E-state index contributed by atoms with van der Waals surface area (Å²) >= 11 is 0. The number of hydrogen-bond acceptors (Lipinski definition) is 6. The number of carbonyl (C=O) groups is 1. The van der Waals surface area contributed by atoms with Crippen LogP contribution in [0.15, 0.2) is 47.4 Å². The zero-order valence-corrected chi connectivity index (χ0v) is 19.8. The van der Waals surface area contributed by atoms with Crippen LogP contribution in [0.4, 0.5) is 5.69 Å². The van der Waals surface area contributed by atoms with E-state index in [0.29, 0.717) is 29.2 Å². The number of para-hydroxylation sites is 1. The van der Waals surface area contributed by atoms with Gasteiger partial charge in [-0.3, -0.25) is 4.79 Å². The molecule has 3 rings (SSSR count). The second-order valence-electron chi connectivity index (χ2n) is 7.88. The molecule has 174 valence electrons. The molecular weight excluding hydrogens is 428 g/mol. The minimum Gasteiger partial charge on any atom is -0.493 e. The minimum atomic E-state index is -3.18. The summed E-state index contributed by atoms with van der Waals surface area (Å²) in [5, 5.41) is 3.15. The fraction of sp³-hybridized carbons (Fsp3) is 0.458. The Kier molecular flexibility index (Phi) is 8.01. The Hall–Kier alpha value is -2.74. The largest absolute Gasteiger partial charge is 0.493 e. The van der Waals surface area contributed by atoms with Crippen LogP contribution in [0.2, 0.25) is 0 Å². The van der Waals surface area contributed by atoms with Gasteiger partial charge >= 0.3 is 0 Å². The Balaban J connectivity index is 1.48. The van der Waals surface area contributed by atoms with Gasteiger partial charge in [0.25, 0.3) is 0 Å². The van der Waals surface area contributed by atoms with Crippen molar-refractivity contribution < 1.29 is 22.7 Å². The third-order valence-electron chi connectivity index (χ3n) is 5.91. The summed E-state index contributed by atoms with van der Waals surface area (Å²) in [6, 6.07) is 12.9. The first-order valence-electron chi connectivity index (χ1n) is 10.9. The van der Waals surface area contributed by atoms with Crippen molar-refractivity contribution >= 4 is 21.4 Å². The van der Waals surface area contributed by atoms with Gasteiger partial charge in [0.15, 0.2) is 21.3 Å². The van der Waals surface area contributed by atoms with Gasteiger partial charge in [-0.25, -0.2) is 8.42 Å². The van der Waals surface area contributed by atoms with Crippen molar-refractivity contribution in [2.75, 3.05) is 38.0 Å². The third-order valence-corrected chi connectivity index (χ3v) is 7.66. The molecule has 0 spiro atoms. The SMILES string of the molecule is CCS(=O)(=O)c1ccc(N2CCC(NC(=O)CCc3cccc(OC)c3OC)CC2)cc1. The zero-order valence-electron chi connectivity index (χ0n) is 19.0. The van der Waals surface area contributed by atoms with Gasteiger partial charge in [0.2, 0.25) is 5.91 Å². The fourth-order valence-electron chi connectivity index (χ4n) is 4.01. The lowest BCUT2D eigenvalue weighted by molar-refractivity contribution is -0.121. The predicted octanol–water partition coefficient (Wildman–Crippen LogP) is 3.22. The molecule has 0 unspecified atom stereocenters. The summed E-state index contributed by atoms with van der Waals surface area (Å²) in [5.41, 5.74) is 1.96. The van der Waals surface area contributed by atoms with Crippen molar-refractivity contribution in [2.45, 2.75) is 43.5 Å². The average Bonchev–Trinajstić information content (AvgIpc) is 2.83. The summed E-state index contributed by atoms with van der Waals surface area (Å²) < 4.78 is 34.7. The molecule has 1 heterocycles. The van der Waals surface area contributed by atoms with Crippen LogP contribution in [-0.2, 0) is 21.1 Å². The smallest absolute Gasteiger partial charge is 0.220 e. The molecule has 0 saturated carbocycles. The van der Waals surface area contributed by atoms with Crippen molar-refractivity contribution in [3.63, 3.8) is 0 Å². The number of anilines is 1. The van der Waals surface area contributed by atoms with E-state index in [1.165, 1.54) is 0 Å². The standard InChI is InChI=1S/C24H32N2O5S/c1-4-32(28,29)21-11-9-20(10-12-21)26-16-14-19(15-17-26)25-23(27)13-8-18-6-5-7-22(30-2)24(18)31-3/h5-7,9-12,19H,4,8,13-17H2,1-3H3,(H,25,27).